The minimum atomic E-state index is -0.965. The van der Waals surface area contributed by atoms with Gasteiger partial charge in [0.15, 0.2) is 0 Å². The van der Waals surface area contributed by atoms with Crippen molar-refractivity contribution in [3.05, 3.63) is 29.8 Å². The lowest BCUT2D eigenvalue weighted by Gasteiger charge is -2.20. The summed E-state index contributed by atoms with van der Waals surface area (Å²) < 4.78 is 5.21. The lowest BCUT2D eigenvalue weighted by molar-refractivity contribution is -0.141. The van der Waals surface area contributed by atoms with Crippen molar-refractivity contribution >= 4 is 23.6 Å². The van der Waals surface area contributed by atoms with Crippen molar-refractivity contribution in [3.8, 4) is 0 Å². The molecule has 1 rings (SSSR count). The molecule has 0 heterocycles. The molecule has 1 aromatic carbocycles. The fourth-order valence-corrected chi connectivity index (χ4v) is 2.15. The maximum Gasteiger partial charge on any atom is 0.321 e. The van der Waals surface area contributed by atoms with Crippen LogP contribution >= 0.6 is 0 Å². The first-order valence-corrected chi connectivity index (χ1v) is 8.56. The monoisotopic (exact) mass is 365 g/mol. The van der Waals surface area contributed by atoms with E-state index in [-0.39, 0.29) is 12.5 Å². The van der Waals surface area contributed by atoms with Crippen LogP contribution in [0.3, 0.4) is 0 Å². The number of hydrogen-bond acceptors (Lipinski definition) is 4. The van der Waals surface area contributed by atoms with E-state index in [4.69, 9.17) is 9.84 Å². The van der Waals surface area contributed by atoms with Gasteiger partial charge < -0.3 is 25.4 Å². The first-order chi connectivity index (χ1) is 12.3. The average Bonchev–Trinajstić information content (AvgIpc) is 2.61. The van der Waals surface area contributed by atoms with E-state index in [1.54, 1.807) is 24.3 Å². The van der Waals surface area contributed by atoms with Gasteiger partial charge >= 0.3 is 12.0 Å². The summed E-state index contributed by atoms with van der Waals surface area (Å²) in [6.07, 6.45) is 0.725. The highest BCUT2D eigenvalue weighted by molar-refractivity contribution is 5.96. The van der Waals surface area contributed by atoms with E-state index in [9.17, 15) is 14.4 Å². The molecule has 1 unspecified atom stereocenters. The van der Waals surface area contributed by atoms with Crippen molar-refractivity contribution in [1.29, 1.82) is 0 Å². The summed E-state index contributed by atoms with van der Waals surface area (Å²) in [6.45, 7) is 5.27. The molecule has 0 aliphatic carbocycles. The van der Waals surface area contributed by atoms with Gasteiger partial charge in [0.1, 0.15) is 0 Å². The van der Waals surface area contributed by atoms with E-state index in [1.807, 2.05) is 6.92 Å². The number of carbonyl (C=O) groups excluding carboxylic acids is 2. The number of aliphatic carboxylic acids is 1. The fourth-order valence-electron chi connectivity index (χ4n) is 2.15. The smallest absolute Gasteiger partial charge is 0.321 e. The van der Waals surface area contributed by atoms with Crippen LogP contribution in [-0.2, 0) is 9.53 Å². The molecule has 8 heteroatoms. The second kappa shape index (κ2) is 11.1. The second-order valence-corrected chi connectivity index (χ2v) is 5.94. The number of rotatable bonds is 10. The van der Waals surface area contributed by atoms with E-state index in [0.717, 1.165) is 6.42 Å². The number of benzene rings is 1. The number of nitrogens with zero attached hydrogens (tertiary/aromatic N) is 1. The third-order valence-corrected chi connectivity index (χ3v) is 3.65. The number of nitrogens with one attached hydrogen (secondary N) is 2. The summed E-state index contributed by atoms with van der Waals surface area (Å²) in [6, 6.07) is 6.13. The summed E-state index contributed by atoms with van der Waals surface area (Å²) >= 11 is 0. The van der Waals surface area contributed by atoms with E-state index in [0.29, 0.717) is 31.0 Å². The lowest BCUT2D eigenvalue weighted by atomic mass is 10.1. The predicted molar refractivity (Wildman–Crippen MR) is 98.3 cm³/mol. The molecule has 144 valence electrons. The molecule has 3 amide bonds. The summed E-state index contributed by atoms with van der Waals surface area (Å²) in [5.41, 5.74) is 0.896. The van der Waals surface area contributed by atoms with Gasteiger partial charge in [0.25, 0.3) is 5.91 Å². The van der Waals surface area contributed by atoms with E-state index in [1.165, 1.54) is 18.9 Å². The van der Waals surface area contributed by atoms with Crippen LogP contribution in [0, 0.1) is 5.92 Å². The topological polar surface area (TPSA) is 108 Å². The fraction of sp³-hybridized carbons (Fsp3) is 0.500. The highest BCUT2D eigenvalue weighted by atomic mass is 16.5. The zero-order valence-corrected chi connectivity index (χ0v) is 15.4. The first-order valence-electron chi connectivity index (χ1n) is 8.56. The van der Waals surface area contributed by atoms with Crippen LogP contribution in [0.25, 0.3) is 0 Å². The second-order valence-electron chi connectivity index (χ2n) is 5.94. The number of anilines is 1. The number of carboxylic acids is 1. The summed E-state index contributed by atoms with van der Waals surface area (Å²) in [4.78, 5) is 36.4. The van der Waals surface area contributed by atoms with Gasteiger partial charge in [-0.3, -0.25) is 9.59 Å². The van der Waals surface area contributed by atoms with Gasteiger partial charge in [0.05, 0.1) is 5.92 Å². The SMILES string of the molecule is CCOCCCNC(=O)c1cccc(NC(=O)N(C)CC(C)C(=O)O)c1. The van der Waals surface area contributed by atoms with Crippen LogP contribution in [0.4, 0.5) is 10.5 Å². The van der Waals surface area contributed by atoms with E-state index in [2.05, 4.69) is 10.6 Å². The van der Waals surface area contributed by atoms with Crippen molar-refractivity contribution in [2.45, 2.75) is 20.3 Å². The average molecular weight is 365 g/mol. The van der Waals surface area contributed by atoms with Crippen LogP contribution in [0.2, 0.25) is 0 Å². The number of ether oxygens (including phenoxy) is 1. The molecule has 1 aromatic rings. The molecule has 26 heavy (non-hydrogen) atoms. The van der Waals surface area contributed by atoms with Gasteiger partial charge in [-0.1, -0.05) is 13.0 Å². The van der Waals surface area contributed by atoms with Gasteiger partial charge in [-0.25, -0.2) is 4.79 Å². The van der Waals surface area contributed by atoms with E-state index < -0.39 is 17.9 Å². The van der Waals surface area contributed by atoms with Gasteiger partial charge in [-0.15, -0.1) is 0 Å². The molecule has 0 bridgehead atoms. The predicted octanol–water partition coefficient (Wildman–Crippen LogP) is 2.03. The Labute approximate surface area is 153 Å². The van der Waals surface area contributed by atoms with Gasteiger partial charge in [-0.05, 0) is 31.5 Å². The Bertz CT molecular complexity index is 621. The molecular weight excluding hydrogens is 338 g/mol. The summed E-state index contributed by atoms with van der Waals surface area (Å²) in [5.74, 6) is -1.86. The molecule has 0 aliphatic heterocycles. The standard InChI is InChI=1S/C18H27N3O5/c1-4-26-10-6-9-19-16(22)14-7-5-8-15(11-14)20-18(25)21(3)12-13(2)17(23)24/h5,7-8,11,13H,4,6,9-10,12H2,1-3H3,(H,19,22)(H,20,25)(H,23,24). The third kappa shape index (κ3) is 7.52. The Morgan fingerprint density at radius 1 is 1.31 bits per heavy atom. The number of carboxylic acid groups (broad SMARTS) is 1. The lowest BCUT2D eigenvalue weighted by Crippen LogP contribution is -2.36. The molecule has 3 N–H and O–H groups in total. The van der Waals surface area contributed by atoms with E-state index >= 15 is 0 Å². The van der Waals surface area contributed by atoms with Crippen molar-refractivity contribution in [3.63, 3.8) is 0 Å². The maximum atomic E-state index is 12.1. The van der Waals surface area contributed by atoms with Crippen molar-refractivity contribution in [2.24, 2.45) is 5.92 Å². The van der Waals surface area contributed by atoms with Crippen LogP contribution < -0.4 is 10.6 Å². The zero-order chi connectivity index (χ0) is 19.5. The van der Waals surface area contributed by atoms with Crippen molar-refractivity contribution < 1.29 is 24.2 Å². The van der Waals surface area contributed by atoms with Crippen molar-refractivity contribution in [1.82, 2.24) is 10.2 Å². The maximum absolute atomic E-state index is 12.1. The molecule has 0 fully saturated rings. The first kappa shape index (κ1) is 21.4. The summed E-state index contributed by atoms with van der Waals surface area (Å²) in [5, 5.41) is 14.4. The number of carbonyl (C=O) groups is 3. The molecule has 0 saturated heterocycles. The van der Waals surface area contributed by atoms with Crippen LogP contribution in [0.15, 0.2) is 24.3 Å². The molecule has 0 saturated carbocycles. The Morgan fingerprint density at radius 2 is 2.04 bits per heavy atom. The quantitative estimate of drug-likeness (QED) is 0.550. The number of urea groups is 1. The molecule has 0 aliphatic rings. The zero-order valence-electron chi connectivity index (χ0n) is 15.4. The van der Waals surface area contributed by atoms with Gasteiger partial charge in [0, 0.05) is 44.6 Å². The Hall–Kier alpha value is -2.61. The molecule has 0 radical (unpaired) electrons. The molecule has 0 spiro atoms. The minimum absolute atomic E-state index is 0.0845. The summed E-state index contributed by atoms with van der Waals surface area (Å²) in [7, 11) is 1.52. The molecule has 0 aromatic heterocycles. The molecular formula is C18H27N3O5. The Balaban J connectivity index is 2.56. The Kier molecular flexibility index (Phi) is 9.14. The number of hydrogen-bond donors (Lipinski definition) is 3. The van der Waals surface area contributed by atoms with Crippen LogP contribution in [-0.4, -0.2) is 61.3 Å². The highest BCUT2D eigenvalue weighted by Crippen LogP contribution is 2.12. The Morgan fingerprint density at radius 3 is 2.69 bits per heavy atom. The minimum Gasteiger partial charge on any atom is -0.481 e. The van der Waals surface area contributed by atoms with Crippen molar-refractivity contribution in [2.75, 3.05) is 38.7 Å². The number of amides is 3. The van der Waals surface area contributed by atoms with Gasteiger partial charge in [0.2, 0.25) is 0 Å². The van der Waals surface area contributed by atoms with Crippen LogP contribution in [0.5, 0.6) is 0 Å². The third-order valence-electron chi connectivity index (χ3n) is 3.65. The molecule has 8 nitrogen and oxygen atoms in total. The normalized spacial score (nSPS) is 11.5. The van der Waals surface area contributed by atoms with Crippen LogP contribution in [0.1, 0.15) is 30.6 Å². The molecule has 1 atom stereocenters. The largest absolute Gasteiger partial charge is 0.481 e. The van der Waals surface area contributed by atoms with Gasteiger partial charge in [-0.2, -0.15) is 0 Å². The highest BCUT2D eigenvalue weighted by Gasteiger charge is 2.17.